The van der Waals surface area contributed by atoms with Gasteiger partial charge in [0.1, 0.15) is 12.5 Å². The number of nitrogens with zero attached hydrogens (tertiary/aromatic N) is 1. The van der Waals surface area contributed by atoms with Crippen molar-refractivity contribution in [2.24, 2.45) is 0 Å². The molecule has 0 aromatic heterocycles. The van der Waals surface area contributed by atoms with Gasteiger partial charge < -0.3 is 9.64 Å². The Hall–Kier alpha value is -0.770. The molecule has 0 radical (unpaired) electrons. The van der Waals surface area contributed by atoms with E-state index in [-0.39, 0.29) is 23.8 Å². The van der Waals surface area contributed by atoms with Gasteiger partial charge in [-0.3, -0.25) is 9.59 Å². The normalized spacial score (nSPS) is 19.6. The van der Waals surface area contributed by atoms with Crippen LogP contribution in [0.3, 0.4) is 0 Å². The van der Waals surface area contributed by atoms with Crippen LogP contribution in [0.4, 0.5) is 0 Å². The molecule has 0 spiro atoms. The van der Waals surface area contributed by atoms with Crippen molar-refractivity contribution < 1.29 is 14.3 Å². The Morgan fingerprint density at radius 1 is 1.56 bits per heavy atom. The van der Waals surface area contributed by atoms with Crippen molar-refractivity contribution in [3.05, 3.63) is 0 Å². The number of carbonyl (C=O) groups excluding carboxylic acids is 2. The molecule has 92 valence electrons. The number of esters is 1. The molecule has 0 aliphatic carbocycles. The standard InChI is InChI=1S/C11H18ClNO3/c1-2-3-4-5-13(10(14)7-12)9-6-11(15)16-8-9/h9H,2-8H2,1H3. The molecule has 1 saturated heterocycles. The van der Waals surface area contributed by atoms with Gasteiger partial charge in [-0.25, -0.2) is 0 Å². The summed E-state index contributed by atoms with van der Waals surface area (Å²) in [4.78, 5) is 24.3. The van der Waals surface area contributed by atoms with Gasteiger partial charge in [-0.1, -0.05) is 19.8 Å². The molecule has 1 fully saturated rings. The lowest BCUT2D eigenvalue weighted by molar-refractivity contribution is -0.138. The maximum absolute atomic E-state index is 11.6. The third kappa shape index (κ3) is 3.67. The van der Waals surface area contributed by atoms with Gasteiger partial charge in [0.25, 0.3) is 0 Å². The van der Waals surface area contributed by atoms with Crippen molar-refractivity contribution in [3.8, 4) is 0 Å². The van der Waals surface area contributed by atoms with Crippen LogP contribution < -0.4 is 0 Å². The first-order valence-electron chi connectivity index (χ1n) is 5.70. The lowest BCUT2D eigenvalue weighted by Gasteiger charge is -2.26. The number of ether oxygens (including phenoxy) is 1. The molecule has 1 rings (SSSR count). The second kappa shape index (κ2) is 6.74. The van der Waals surface area contributed by atoms with Crippen LogP contribution in [-0.2, 0) is 14.3 Å². The number of rotatable bonds is 6. The monoisotopic (exact) mass is 247 g/mol. The van der Waals surface area contributed by atoms with Crippen molar-refractivity contribution in [2.75, 3.05) is 19.0 Å². The third-order valence-corrected chi connectivity index (χ3v) is 2.95. The Morgan fingerprint density at radius 2 is 2.31 bits per heavy atom. The van der Waals surface area contributed by atoms with Crippen molar-refractivity contribution in [1.82, 2.24) is 4.90 Å². The largest absolute Gasteiger partial charge is 0.463 e. The van der Waals surface area contributed by atoms with Gasteiger partial charge in [0, 0.05) is 6.54 Å². The van der Waals surface area contributed by atoms with Crippen molar-refractivity contribution in [3.63, 3.8) is 0 Å². The molecule has 0 aromatic carbocycles. The molecule has 0 bridgehead atoms. The molecule has 1 atom stereocenters. The van der Waals surface area contributed by atoms with Crippen molar-refractivity contribution >= 4 is 23.5 Å². The molecule has 5 heteroatoms. The van der Waals surface area contributed by atoms with Crippen LogP contribution in [0.25, 0.3) is 0 Å². The lowest BCUT2D eigenvalue weighted by atomic mass is 10.2. The second-order valence-electron chi connectivity index (χ2n) is 3.97. The van der Waals surface area contributed by atoms with E-state index in [2.05, 4.69) is 6.92 Å². The fourth-order valence-electron chi connectivity index (χ4n) is 1.82. The molecular formula is C11H18ClNO3. The Bertz CT molecular complexity index is 258. The Morgan fingerprint density at radius 3 is 2.81 bits per heavy atom. The molecular weight excluding hydrogens is 230 g/mol. The molecule has 0 aromatic rings. The first-order chi connectivity index (χ1) is 7.69. The number of halogens is 1. The summed E-state index contributed by atoms with van der Waals surface area (Å²) in [6.45, 7) is 3.09. The van der Waals surface area contributed by atoms with E-state index in [9.17, 15) is 9.59 Å². The smallest absolute Gasteiger partial charge is 0.308 e. The van der Waals surface area contributed by atoms with E-state index in [4.69, 9.17) is 16.3 Å². The molecule has 1 aliphatic rings. The zero-order chi connectivity index (χ0) is 12.0. The Balaban J connectivity index is 2.49. The third-order valence-electron chi connectivity index (χ3n) is 2.72. The molecule has 1 aliphatic heterocycles. The van der Waals surface area contributed by atoms with E-state index in [0.29, 0.717) is 19.6 Å². The Labute approximate surface area is 101 Å². The fraction of sp³-hybridized carbons (Fsp3) is 0.818. The maximum Gasteiger partial charge on any atom is 0.308 e. The predicted octanol–water partition coefficient (Wildman–Crippen LogP) is 1.56. The highest BCUT2D eigenvalue weighted by Gasteiger charge is 2.31. The van der Waals surface area contributed by atoms with Gasteiger partial charge in [0.05, 0.1) is 12.5 Å². The maximum atomic E-state index is 11.6. The van der Waals surface area contributed by atoms with E-state index in [0.717, 1.165) is 19.3 Å². The zero-order valence-electron chi connectivity index (χ0n) is 9.58. The van der Waals surface area contributed by atoms with E-state index in [1.54, 1.807) is 4.90 Å². The van der Waals surface area contributed by atoms with Crippen molar-refractivity contribution in [2.45, 2.75) is 38.6 Å². The molecule has 16 heavy (non-hydrogen) atoms. The highest BCUT2D eigenvalue weighted by atomic mass is 35.5. The van der Waals surface area contributed by atoms with Crippen LogP contribution in [0.1, 0.15) is 32.6 Å². The first-order valence-corrected chi connectivity index (χ1v) is 6.23. The fourth-order valence-corrected chi connectivity index (χ4v) is 1.97. The number of cyclic esters (lactones) is 1. The summed E-state index contributed by atoms with van der Waals surface area (Å²) >= 11 is 5.56. The van der Waals surface area contributed by atoms with E-state index >= 15 is 0 Å². The van der Waals surface area contributed by atoms with Crippen LogP contribution in [0, 0.1) is 0 Å². The van der Waals surface area contributed by atoms with Gasteiger partial charge in [-0.15, -0.1) is 11.6 Å². The zero-order valence-corrected chi connectivity index (χ0v) is 10.3. The van der Waals surface area contributed by atoms with Gasteiger partial charge in [-0.2, -0.15) is 0 Å². The summed E-state index contributed by atoms with van der Waals surface area (Å²) in [5.74, 6) is -0.370. The molecule has 1 heterocycles. The highest BCUT2D eigenvalue weighted by molar-refractivity contribution is 6.27. The summed E-state index contributed by atoms with van der Waals surface area (Å²) in [5.41, 5.74) is 0. The molecule has 1 unspecified atom stereocenters. The molecule has 1 amide bonds. The summed E-state index contributed by atoms with van der Waals surface area (Å²) in [6, 6.07) is -0.115. The van der Waals surface area contributed by atoms with E-state index in [1.165, 1.54) is 0 Å². The van der Waals surface area contributed by atoms with Gasteiger partial charge in [0.2, 0.25) is 5.91 Å². The second-order valence-corrected chi connectivity index (χ2v) is 4.24. The Kier molecular flexibility index (Phi) is 5.60. The molecule has 4 nitrogen and oxygen atoms in total. The summed E-state index contributed by atoms with van der Waals surface area (Å²) < 4.78 is 4.87. The number of hydrogen-bond donors (Lipinski definition) is 0. The van der Waals surface area contributed by atoms with Gasteiger partial charge in [-0.05, 0) is 6.42 Å². The topological polar surface area (TPSA) is 46.6 Å². The number of hydrogen-bond acceptors (Lipinski definition) is 3. The van der Waals surface area contributed by atoms with Crippen LogP contribution in [-0.4, -0.2) is 41.8 Å². The van der Waals surface area contributed by atoms with Crippen LogP contribution in [0.5, 0.6) is 0 Å². The summed E-state index contributed by atoms with van der Waals surface area (Å²) in [7, 11) is 0. The number of alkyl halides is 1. The van der Waals surface area contributed by atoms with Gasteiger partial charge >= 0.3 is 5.97 Å². The predicted molar refractivity (Wildman–Crippen MR) is 61.3 cm³/mol. The number of carbonyl (C=O) groups is 2. The van der Waals surface area contributed by atoms with E-state index in [1.807, 2.05) is 0 Å². The van der Waals surface area contributed by atoms with Crippen LogP contribution >= 0.6 is 11.6 Å². The minimum atomic E-state index is -0.229. The highest BCUT2D eigenvalue weighted by Crippen LogP contribution is 2.15. The first kappa shape index (κ1) is 13.3. The van der Waals surface area contributed by atoms with Crippen molar-refractivity contribution in [1.29, 1.82) is 0 Å². The quantitative estimate of drug-likeness (QED) is 0.407. The minimum absolute atomic E-state index is 0.0309. The molecule has 0 N–H and O–H groups in total. The number of unbranched alkanes of at least 4 members (excludes halogenated alkanes) is 2. The average molecular weight is 248 g/mol. The number of amides is 1. The minimum Gasteiger partial charge on any atom is -0.463 e. The van der Waals surface area contributed by atoms with E-state index < -0.39 is 0 Å². The lowest BCUT2D eigenvalue weighted by Crippen LogP contribution is -2.42. The molecule has 0 saturated carbocycles. The summed E-state index contributed by atoms with van der Waals surface area (Å²) in [6.07, 6.45) is 3.43. The van der Waals surface area contributed by atoms with Crippen LogP contribution in [0.15, 0.2) is 0 Å². The summed E-state index contributed by atoms with van der Waals surface area (Å²) in [5, 5.41) is 0. The van der Waals surface area contributed by atoms with Gasteiger partial charge in [0.15, 0.2) is 0 Å². The van der Waals surface area contributed by atoms with Crippen LogP contribution in [0.2, 0.25) is 0 Å². The average Bonchev–Trinajstić information content (AvgIpc) is 2.70. The SMILES string of the molecule is CCCCCN(C(=O)CCl)C1COC(=O)C1.